The summed E-state index contributed by atoms with van der Waals surface area (Å²) in [7, 11) is 0. The van der Waals surface area contributed by atoms with Crippen molar-refractivity contribution in [3.05, 3.63) is 23.8 Å². The molecule has 1 fully saturated rings. The lowest BCUT2D eigenvalue weighted by Gasteiger charge is -2.34. The van der Waals surface area contributed by atoms with Crippen molar-refractivity contribution in [1.29, 1.82) is 5.26 Å². The molecule has 0 saturated heterocycles. The van der Waals surface area contributed by atoms with Gasteiger partial charge in [0.05, 0.1) is 11.5 Å². The van der Waals surface area contributed by atoms with Gasteiger partial charge in [0.2, 0.25) is 0 Å². The molecule has 0 heterocycles. The summed E-state index contributed by atoms with van der Waals surface area (Å²) in [6.45, 7) is -6.09. The fourth-order valence-electron chi connectivity index (χ4n) is 2.95. The fraction of sp³-hybridized carbons (Fsp3) is 0.500. The molecule has 2 rings (SSSR count). The second-order valence-electron chi connectivity index (χ2n) is 5.54. The lowest BCUT2D eigenvalue weighted by Crippen LogP contribution is -2.33. The minimum absolute atomic E-state index is 0.308. The first-order chi connectivity index (χ1) is 11.9. The van der Waals surface area contributed by atoms with Crippen molar-refractivity contribution >= 4 is 6.47 Å². The Morgan fingerprint density at radius 2 is 1.72 bits per heavy atom. The summed E-state index contributed by atoms with van der Waals surface area (Å²) < 4.78 is 63.2. The number of halogens is 4. The SMILES string of the molecule is N#C[C@]1(c2ccc(OC(F)F)c(OC(F)F)c2)CC[C@@H](OC=O)CC1. The van der Waals surface area contributed by atoms with Gasteiger partial charge in [0.25, 0.3) is 6.47 Å². The van der Waals surface area contributed by atoms with Crippen LogP contribution in [0.4, 0.5) is 17.6 Å². The van der Waals surface area contributed by atoms with Crippen LogP contribution in [-0.4, -0.2) is 25.8 Å². The average molecular weight is 361 g/mol. The molecule has 1 aromatic rings. The van der Waals surface area contributed by atoms with Gasteiger partial charge >= 0.3 is 13.2 Å². The van der Waals surface area contributed by atoms with Gasteiger partial charge in [0, 0.05) is 0 Å². The second-order valence-corrected chi connectivity index (χ2v) is 5.54. The zero-order chi connectivity index (χ0) is 18.4. The molecule has 0 atom stereocenters. The van der Waals surface area contributed by atoms with Gasteiger partial charge in [-0.1, -0.05) is 6.07 Å². The Morgan fingerprint density at radius 3 is 2.24 bits per heavy atom. The van der Waals surface area contributed by atoms with Crippen LogP contribution >= 0.6 is 0 Å². The topological polar surface area (TPSA) is 68.6 Å². The number of hydrogen-bond acceptors (Lipinski definition) is 5. The summed E-state index contributed by atoms with van der Waals surface area (Å²) in [6.07, 6.45) is 1.19. The predicted octanol–water partition coefficient (Wildman–Crippen LogP) is 3.77. The summed E-state index contributed by atoms with van der Waals surface area (Å²) in [5, 5.41) is 9.60. The molecule has 0 bridgehead atoms. The minimum Gasteiger partial charge on any atom is -0.465 e. The number of hydrogen-bond donors (Lipinski definition) is 0. The lowest BCUT2D eigenvalue weighted by atomic mass is 9.69. The maximum absolute atomic E-state index is 12.5. The molecule has 1 aromatic carbocycles. The van der Waals surface area contributed by atoms with Crippen molar-refractivity contribution in [3.63, 3.8) is 0 Å². The van der Waals surface area contributed by atoms with Crippen molar-refractivity contribution in [2.24, 2.45) is 0 Å². The number of alkyl halides is 4. The van der Waals surface area contributed by atoms with Gasteiger partial charge in [-0.05, 0) is 43.4 Å². The Labute approximate surface area is 141 Å². The third kappa shape index (κ3) is 4.53. The summed E-state index contributed by atoms with van der Waals surface area (Å²) in [6, 6.07) is 5.73. The number of nitriles is 1. The maximum atomic E-state index is 12.5. The van der Waals surface area contributed by atoms with Crippen LogP contribution in [-0.2, 0) is 14.9 Å². The van der Waals surface area contributed by atoms with E-state index in [9.17, 15) is 27.6 Å². The first-order valence-electron chi connectivity index (χ1n) is 7.44. The molecule has 1 aliphatic rings. The highest BCUT2D eigenvalue weighted by Gasteiger charge is 2.38. The maximum Gasteiger partial charge on any atom is 0.387 e. The molecule has 0 amide bonds. The molecule has 1 aliphatic carbocycles. The molecule has 25 heavy (non-hydrogen) atoms. The molecule has 0 unspecified atom stereocenters. The van der Waals surface area contributed by atoms with Crippen LogP contribution < -0.4 is 9.47 Å². The monoisotopic (exact) mass is 361 g/mol. The van der Waals surface area contributed by atoms with Crippen LogP contribution in [0.2, 0.25) is 0 Å². The first-order valence-corrected chi connectivity index (χ1v) is 7.44. The van der Waals surface area contributed by atoms with E-state index >= 15 is 0 Å². The average Bonchev–Trinajstić information content (AvgIpc) is 2.57. The van der Waals surface area contributed by atoms with E-state index in [0.717, 1.165) is 12.1 Å². The minimum atomic E-state index is -3.23. The molecule has 9 heteroatoms. The third-order valence-electron chi connectivity index (χ3n) is 4.18. The third-order valence-corrected chi connectivity index (χ3v) is 4.18. The van der Waals surface area contributed by atoms with Crippen molar-refractivity contribution in [2.75, 3.05) is 0 Å². The van der Waals surface area contributed by atoms with Gasteiger partial charge < -0.3 is 14.2 Å². The van der Waals surface area contributed by atoms with Gasteiger partial charge in [-0.2, -0.15) is 22.8 Å². The van der Waals surface area contributed by atoms with E-state index in [0.29, 0.717) is 37.7 Å². The second kappa shape index (κ2) is 8.05. The predicted molar refractivity (Wildman–Crippen MR) is 76.4 cm³/mol. The summed E-state index contributed by atoms with van der Waals surface area (Å²) in [4.78, 5) is 10.4. The number of carbonyl (C=O) groups excluding carboxylic acids is 1. The highest BCUT2D eigenvalue weighted by Crippen LogP contribution is 2.43. The van der Waals surface area contributed by atoms with E-state index in [1.54, 1.807) is 0 Å². The van der Waals surface area contributed by atoms with E-state index in [-0.39, 0.29) is 6.10 Å². The van der Waals surface area contributed by atoms with Gasteiger partial charge in [-0.25, -0.2) is 0 Å². The van der Waals surface area contributed by atoms with Gasteiger partial charge in [-0.15, -0.1) is 0 Å². The van der Waals surface area contributed by atoms with Crippen molar-refractivity contribution in [3.8, 4) is 17.6 Å². The van der Waals surface area contributed by atoms with Crippen LogP contribution in [0.3, 0.4) is 0 Å². The summed E-state index contributed by atoms with van der Waals surface area (Å²) in [5.41, 5.74) is -0.649. The van der Waals surface area contributed by atoms with E-state index < -0.39 is 30.1 Å². The zero-order valence-electron chi connectivity index (χ0n) is 13.0. The molecule has 5 nitrogen and oxygen atoms in total. The van der Waals surface area contributed by atoms with Crippen LogP contribution in [0.25, 0.3) is 0 Å². The van der Waals surface area contributed by atoms with Gasteiger partial charge in [0.1, 0.15) is 6.10 Å². The molecule has 1 saturated carbocycles. The van der Waals surface area contributed by atoms with Crippen LogP contribution in [0.15, 0.2) is 18.2 Å². The molecule has 0 spiro atoms. The molecular formula is C16H15F4NO4. The van der Waals surface area contributed by atoms with Crippen molar-refractivity contribution in [2.45, 2.75) is 50.4 Å². The molecule has 0 aromatic heterocycles. The fourth-order valence-corrected chi connectivity index (χ4v) is 2.95. The standard InChI is InChI=1S/C16H15F4NO4/c17-14(18)24-12-2-1-10(7-13(12)25-15(19)20)16(8-21)5-3-11(4-6-16)23-9-22/h1-2,7,9,11,14-15H,3-6H2/t11-,16+. The number of ether oxygens (including phenoxy) is 3. The van der Waals surface area contributed by atoms with Crippen LogP contribution in [0.1, 0.15) is 31.2 Å². The van der Waals surface area contributed by atoms with E-state index in [2.05, 4.69) is 15.5 Å². The quantitative estimate of drug-likeness (QED) is 0.546. The highest BCUT2D eigenvalue weighted by molar-refractivity contribution is 5.47. The molecule has 0 aliphatic heterocycles. The Bertz CT molecular complexity index is 640. The normalized spacial score (nSPS) is 23.2. The first kappa shape index (κ1) is 18.8. The number of carbonyl (C=O) groups is 1. The smallest absolute Gasteiger partial charge is 0.387 e. The van der Waals surface area contributed by atoms with Crippen molar-refractivity contribution in [1.82, 2.24) is 0 Å². The van der Waals surface area contributed by atoms with Crippen LogP contribution in [0.5, 0.6) is 11.5 Å². The highest BCUT2D eigenvalue weighted by atomic mass is 19.3. The van der Waals surface area contributed by atoms with E-state index in [1.165, 1.54) is 6.07 Å². The molecular weight excluding hydrogens is 346 g/mol. The largest absolute Gasteiger partial charge is 0.465 e. The summed E-state index contributed by atoms with van der Waals surface area (Å²) in [5.74, 6) is -1.10. The number of benzene rings is 1. The van der Waals surface area contributed by atoms with Crippen molar-refractivity contribution < 1.29 is 36.6 Å². The zero-order valence-corrected chi connectivity index (χ0v) is 13.0. The number of nitrogens with zero attached hydrogens (tertiary/aromatic N) is 1. The molecule has 0 N–H and O–H groups in total. The Kier molecular flexibility index (Phi) is 6.07. The molecule has 0 radical (unpaired) electrons. The number of rotatable bonds is 7. The Morgan fingerprint density at radius 1 is 1.12 bits per heavy atom. The van der Waals surface area contributed by atoms with Crippen LogP contribution in [0, 0.1) is 11.3 Å². The lowest BCUT2D eigenvalue weighted by molar-refractivity contribution is -0.135. The Hall–Kier alpha value is -2.50. The Balaban J connectivity index is 2.30. The molecule has 136 valence electrons. The van der Waals surface area contributed by atoms with Gasteiger partial charge in [0.15, 0.2) is 11.5 Å². The van der Waals surface area contributed by atoms with E-state index in [4.69, 9.17) is 4.74 Å². The summed E-state index contributed by atoms with van der Waals surface area (Å²) >= 11 is 0. The van der Waals surface area contributed by atoms with E-state index in [1.807, 2.05) is 0 Å². The van der Waals surface area contributed by atoms with Gasteiger partial charge in [-0.3, -0.25) is 4.79 Å².